The van der Waals surface area contributed by atoms with Crippen molar-refractivity contribution in [3.8, 4) is 11.1 Å². The highest BCUT2D eigenvalue weighted by atomic mass is 79.9. The summed E-state index contributed by atoms with van der Waals surface area (Å²) in [7, 11) is 0. The number of halogens is 2. The van der Waals surface area contributed by atoms with Crippen molar-refractivity contribution >= 4 is 55.4 Å². The number of aliphatic imine (C=N–C) groups is 2. The van der Waals surface area contributed by atoms with Crippen molar-refractivity contribution in [2.24, 2.45) is 9.98 Å². The minimum Gasteiger partial charge on any atom is -0.211 e. The van der Waals surface area contributed by atoms with Crippen molar-refractivity contribution in [2.45, 2.75) is 5.41 Å². The molecule has 0 heterocycles. The zero-order valence-electron chi connectivity index (χ0n) is 17.0. The summed E-state index contributed by atoms with van der Waals surface area (Å²) >= 11 is 7.26. The molecule has 0 atom stereocenters. The standard InChI is InChI=1S/C27H14Br2N2O2/c28-19-5-11-25-23(13-19)24-14-20(29)6-12-26(24)27(25,17-1-7-21(8-2-17)30-15-32)18-3-9-22(10-4-18)31-16-33/h1-14H. The lowest BCUT2D eigenvalue weighted by molar-refractivity contribution is 0.564. The van der Waals surface area contributed by atoms with Gasteiger partial charge in [0.1, 0.15) is 0 Å². The normalized spacial score (nSPS) is 12.8. The smallest absolute Gasteiger partial charge is 0.211 e. The van der Waals surface area contributed by atoms with Crippen LogP contribution < -0.4 is 0 Å². The zero-order chi connectivity index (χ0) is 23.0. The van der Waals surface area contributed by atoms with Crippen LogP contribution in [0.15, 0.2) is 104 Å². The second kappa shape index (κ2) is 8.51. The fourth-order valence-electron chi connectivity index (χ4n) is 4.74. The molecule has 0 bridgehead atoms. The Morgan fingerprint density at radius 2 is 0.970 bits per heavy atom. The minimum atomic E-state index is -0.612. The Morgan fingerprint density at radius 1 is 0.576 bits per heavy atom. The molecule has 0 amide bonds. The van der Waals surface area contributed by atoms with Gasteiger partial charge in [-0.25, -0.2) is 9.59 Å². The Balaban J connectivity index is 1.89. The molecule has 0 aliphatic heterocycles. The first-order valence-corrected chi connectivity index (χ1v) is 11.6. The summed E-state index contributed by atoms with van der Waals surface area (Å²) in [4.78, 5) is 29.0. The van der Waals surface area contributed by atoms with Crippen LogP contribution in [0.5, 0.6) is 0 Å². The number of rotatable bonds is 4. The fourth-order valence-corrected chi connectivity index (χ4v) is 5.47. The van der Waals surface area contributed by atoms with Gasteiger partial charge in [0.25, 0.3) is 0 Å². The molecule has 33 heavy (non-hydrogen) atoms. The maximum absolute atomic E-state index is 10.7. The zero-order valence-corrected chi connectivity index (χ0v) is 20.2. The van der Waals surface area contributed by atoms with E-state index in [-0.39, 0.29) is 0 Å². The molecule has 0 saturated heterocycles. The van der Waals surface area contributed by atoms with Crippen LogP contribution in [0.3, 0.4) is 0 Å². The number of carbonyl (C=O) groups excluding carboxylic acids is 2. The van der Waals surface area contributed by atoms with E-state index in [4.69, 9.17) is 0 Å². The fraction of sp³-hybridized carbons (Fsp3) is 0.0370. The van der Waals surface area contributed by atoms with Crippen LogP contribution in [-0.2, 0) is 15.0 Å². The van der Waals surface area contributed by atoms with Gasteiger partial charge in [-0.3, -0.25) is 0 Å². The molecule has 4 aromatic carbocycles. The predicted molar refractivity (Wildman–Crippen MR) is 135 cm³/mol. The highest BCUT2D eigenvalue weighted by Crippen LogP contribution is 2.57. The summed E-state index contributed by atoms with van der Waals surface area (Å²) in [6.45, 7) is 0. The van der Waals surface area contributed by atoms with Gasteiger partial charge in [-0.15, -0.1) is 0 Å². The minimum absolute atomic E-state index is 0.546. The average molecular weight is 558 g/mol. The lowest BCUT2D eigenvalue weighted by Crippen LogP contribution is -2.28. The molecule has 4 nitrogen and oxygen atoms in total. The number of benzene rings is 4. The molecule has 5 rings (SSSR count). The third-order valence-electron chi connectivity index (χ3n) is 6.01. The number of isocyanates is 2. The highest BCUT2D eigenvalue weighted by Gasteiger charge is 2.46. The molecular weight excluding hydrogens is 544 g/mol. The second-order valence-electron chi connectivity index (χ2n) is 7.63. The van der Waals surface area contributed by atoms with E-state index in [2.05, 4.69) is 66.1 Å². The lowest BCUT2D eigenvalue weighted by Gasteiger charge is -2.34. The largest absolute Gasteiger partial charge is 0.240 e. The Bertz CT molecular complexity index is 1370. The summed E-state index contributed by atoms with van der Waals surface area (Å²) in [5, 5.41) is 0. The maximum Gasteiger partial charge on any atom is 0.240 e. The lowest BCUT2D eigenvalue weighted by atomic mass is 9.67. The number of fused-ring (bicyclic) bond motifs is 3. The van der Waals surface area contributed by atoms with Crippen molar-refractivity contribution in [2.75, 3.05) is 0 Å². The van der Waals surface area contributed by atoms with Gasteiger partial charge < -0.3 is 0 Å². The van der Waals surface area contributed by atoms with Crippen LogP contribution in [0.1, 0.15) is 22.3 Å². The molecule has 1 aliphatic rings. The second-order valence-corrected chi connectivity index (χ2v) is 9.46. The molecule has 0 N–H and O–H groups in total. The number of hydrogen-bond donors (Lipinski definition) is 0. The van der Waals surface area contributed by atoms with E-state index in [9.17, 15) is 9.59 Å². The van der Waals surface area contributed by atoms with Gasteiger partial charge >= 0.3 is 0 Å². The number of nitrogens with zero attached hydrogens (tertiary/aromatic N) is 2. The van der Waals surface area contributed by atoms with Gasteiger partial charge in [0.15, 0.2) is 0 Å². The van der Waals surface area contributed by atoms with E-state index in [1.54, 1.807) is 12.2 Å². The van der Waals surface area contributed by atoms with Crippen LogP contribution >= 0.6 is 31.9 Å². The predicted octanol–water partition coefficient (Wildman–Crippen LogP) is 7.51. The molecule has 0 unspecified atom stereocenters. The molecule has 0 fully saturated rings. The summed E-state index contributed by atoms with van der Waals surface area (Å²) in [6, 6.07) is 27.9. The summed E-state index contributed by atoms with van der Waals surface area (Å²) in [5.74, 6) is 0. The maximum atomic E-state index is 10.7. The van der Waals surface area contributed by atoms with E-state index < -0.39 is 5.41 Å². The Labute approximate surface area is 207 Å². The van der Waals surface area contributed by atoms with E-state index in [0.717, 1.165) is 42.3 Å². The summed E-state index contributed by atoms with van der Waals surface area (Å²) in [5.41, 5.74) is 7.07. The first-order chi connectivity index (χ1) is 16.1. The van der Waals surface area contributed by atoms with Gasteiger partial charge in [0.05, 0.1) is 16.8 Å². The van der Waals surface area contributed by atoms with Gasteiger partial charge in [-0.1, -0.05) is 68.3 Å². The molecule has 0 radical (unpaired) electrons. The number of hydrogen-bond acceptors (Lipinski definition) is 4. The van der Waals surface area contributed by atoms with Crippen LogP contribution in [0.4, 0.5) is 11.4 Å². The van der Waals surface area contributed by atoms with Crippen LogP contribution in [-0.4, -0.2) is 12.2 Å². The Kier molecular flexibility index (Phi) is 5.53. The molecule has 4 aromatic rings. The van der Waals surface area contributed by atoms with Crippen molar-refractivity contribution in [3.63, 3.8) is 0 Å². The van der Waals surface area contributed by atoms with Crippen molar-refractivity contribution in [3.05, 3.63) is 116 Å². The molecule has 0 aromatic heterocycles. The first kappa shape index (κ1) is 21.4. The third-order valence-corrected chi connectivity index (χ3v) is 7.00. The van der Waals surface area contributed by atoms with Crippen LogP contribution in [0, 0.1) is 0 Å². The quantitative estimate of drug-likeness (QED) is 0.169. The van der Waals surface area contributed by atoms with Gasteiger partial charge in [-0.05, 0) is 81.9 Å². The topological polar surface area (TPSA) is 58.9 Å². The van der Waals surface area contributed by atoms with E-state index >= 15 is 0 Å². The van der Waals surface area contributed by atoms with Crippen molar-refractivity contribution in [1.29, 1.82) is 0 Å². The SMILES string of the molecule is O=C=Nc1ccc(C2(c3ccc(N=C=O)cc3)c3ccc(Br)cc3-c3cc(Br)ccc32)cc1. The van der Waals surface area contributed by atoms with Crippen molar-refractivity contribution in [1.82, 2.24) is 0 Å². The molecule has 1 aliphatic carbocycles. The van der Waals surface area contributed by atoms with Gasteiger partial charge in [0.2, 0.25) is 12.2 Å². The summed E-state index contributed by atoms with van der Waals surface area (Å²) in [6.07, 6.45) is 3.20. The van der Waals surface area contributed by atoms with Gasteiger partial charge in [-0.2, -0.15) is 9.98 Å². The first-order valence-electron chi connectivity index (χ1n) is 10.0. The van der Waals surface area contributed by atoms with Gasteiger partial charge in [0, 0.05) is 8.95 Å². The highest BCUT2D eigenvalue weighted by molar-refractivity contribution is 9.10. The Hall–Kier alpha value is -3.40. The third kappa shape index (κ3) is 3.45. The Morgan fingerprint density at radius 3 is 1.33 bits per heavy atom. The molecule has 0 spiro atoms. The van der Waals surface area contributed by atoms with Crippen molar-refractivity contribution < 1.29 is 9.59 Å². The molecular formula is C27H14Br2N2O2. The van der Waals surface area contributed by atoms with Crippen LogP contribution in [0.2, 0.25) is 0 Å². The monoisotopic (exact) mass is 556 g/mol. The average Bonchev–Trinajstić information content (AvgIpc) is 3.10. The molecule has 6 heteroatoms. The van der Waals surface area contributed by atoms with E-state index in [1.165, 1.54) is 0 Å². The summed E-state index contributed by atoms with van der Waals surface area (Å²) < 4.78 is 1.99. The molecule has 0 saturated carbocycles. The van der Waals surface area contributed by atoms with E-state index in [0.29, 0.717) is 11.4 Å². The van der Waals surface area contributed by atoms with E-state index in [1.807, 2.05) is 60.7 Å². The van der Waals surface area contributed by atoms with Crippen LogP contribution in [0.25, 0.3) is 11.1 Å². The molecule has 158 valence electrons.